The van der Waals surface area contributed by atoms with Crippen LogP contribution in [0.25, 0.3) is 11.3 Å². The van der Waals surface area contributed by atoms with E-state index in [4.69, 9.17) is 14.2 Å². The number of methoxy groups -OCH3 is 2. The van der Waals surface area contributed by atoms with E-state index >= 15 is 0 Å². The standard InChI is InChI=1S/C27H32N4O5/c1-17-5-7-18(8-6-17)23-22-24(29-28-23)27(33)31(10-4-9-30-11-13-36-14-12-30)25(22)19-15-20(34-2)26(32)21(16-19)35-3/h5-8,15-16,25,32H,4,9-14H2,1-3H3,(H,28,29). The molecule has 2 N–H and O–H groups in total. The number of aromatic hydroxyl groups is 1. The smallest absolute Gasteiger partial charge is 0.273 e. The maximum absolute atomic E-state index is 13.6. The van der Waals surface area contributed by atoms with E-state index < -0.39 is 6.04 Å². The topological polar surface area (TPSA) is 100 Å². The molecule has 9 nitrogen and oxygen atoms in total. The molecule has 1 fully saturated rings. The summed E-state index contributed by atoms with van der Waals surface area (Å²) < 4.78 is 16.3. The Morgan fingerprint density at radius 3 is 2.39 bits per heavy atom. The van der Waals surface area contributed by atoms with Crippen molar-refractivity contribution in [3.63, 3.8) is 0 Å². The van der Waals surface area contributed by atoms with Crippen LogP contribution in [-0.4, -0.2) is 84.6 Å². The third kappa shape index (κ3) is 4.40. The van der Waals surface area contributed by atoms with Gasteiger partial charge in [0.25, 0.3) is 5.91 Å². The largest absolute Gasteiger partial charge is 0.502 e. The van der Waals surface area contributed by atoms with E-state index in [0.717, 1.165) is 67.2 Å². The monoisotopic (exact) mass is 492 g/mol. The molecule has 0 radical (unpaired) electrons. The minimum absolute atomic E-state index is 0.0712. The van der Waals surface area contributed by atoms with Crippen LogP contribution in [0.4, 0.5) is 0 Å². The number of phenolic OH excluding ortho intramolecular Hbond substituents is 1. The molecular formula is C27H32N4O5. The lowest BCUT2D eigenvalue weighted by Crippen LogP contribution is -2.38. The molecule has 2 aliphatic rings. The minimum atomic E-state index is -0.407. The average molecular weight is 493 g/mol. The number of amides is 1. The Hall–Kier alpha value is -3.56. The summed E-state index contributed by atoms with van der Waals surface area (Å²) in [5.74, 6) is 0.421. The molecule has 3 aromatic rings. The molecule has 36 heavy (non-hydrogen) atoms. The van der Waals surface area contributed by atoms with Crippen LogP contribution < -0.4 is 9.47 Å². The number of benzene rings is 2. The van der Waals surface area contributed by atoms with Crippen molar-refractivity contribution in [2.45, 2.75) is 19.4 Å². The van der Waals surface area contributed by atoms with E-state index in [1.54, 1.807) is 12.1 Å². The predicted octanol–water partition coefficient (Wildman–Crippen LogP) is 3.38. The van der Waals surface area contributed by atoms with Gasteiger partial charge in [-0.2, -0.15) is 5.10 Å². The number of rotatable bonds is 8. The molecule has 1 unspecified atom stereocenters. The Bertz CT molecular complexity index is 1210. The number of ether oxygens (including phenoxy) is 3. The molecule has 190 valence electrons. The lowest BCUT2D eigenvalue weighted by molar-refractivity contribution is 0.0354. The van der Waals surface area contributed by atoms with Crippen molar-refractivity contribution in [3.05, 3.63) is 58.8 Å². The van der Waals surface area contributed by atoms with E-state index in [1.165, 1.54) is 14.2 Å². The molecule has 1 amide bonds. The van der Waals surface area contributed by atoms with Crippen molar-refractivity contribution >= 4 is 5.91 Å². The summed E-state index contributed by atoms with van der Waals surface area (Å²) in [5, 5.41) is 18.1. The van der Waals surface area contributed by atoms with Gasteiger partial charge in [0.15, 0.2) is 11.5 Å². The molecule has 3 heterocycles. The van der Waals surface area contributed by atoms with Crippen molar-refractivity contribution in [1.29, 1.82) is 0 Å². The zero-order chi connectivity index (χ0) is 25.2. The SMILES string of the molecule is COc1cc(C2c3c(-c4ccc(C)cc4)n[nH]c3C(=O)N2CCCN2CCOCC2)cc(OC)c1O. The zero-order valence-electron chi connectivity index (χ0n) is 20.9. The number of phenols is 1. The summed E-state index contributed by atoms with van der Waals surface area (Å²) in [6.45, 7) is 6.80. The van der Waals surface area contributed by atoms with Gasteiger partial charge >= 0.3 is 0 Å². The highest BCUT2D eigenvalue weighted by molar-refractivity contribution is 6.00. The second kappa shape index (κ2) is 10.2. The Kier molecular flexibility index (Phi) is 6.84. The van der Waals surface area contributed by atoms with Gasteiger partial charge in [-0.05, 0) is 31.0 Å². The number of morpholine rings is 1. The van der Waals surface area contributed by atoms with Crippen LogP contribution in [0.5, 0.6) is 17.2 Å². The number of aromatic amines is 1. The summed E-state index contributed by atoms with van der Waals surface area (Å²) in [5.41, 5.74) is 4.93. The molecule has 0 aliphatic carbocycles. The Labute approximate surface area is 210 Å². The van der Waals surface area contributed by atoms with E-state index in [2.05, 4.69) is 15.1 Å². The quantitative estimate of drug-likeness (QED) is 0.497. The second-order valence-corrected chi connectivity index (χ2v) is 9.21. The predicted molar refractivity (Wildman–Crippen MR) is 135 cm³/mol. The first-order chi connectivity index (χ1) is 17.5. The Morgan fingerprint density at radius 1 is 1.08 bits per heavy atom. The van der Waals surface area contributed by atoms with E-state index in [1.807, 2.05) is 36.1 Å². The maximum atomic E-state index is 13.6. The molecule has 2 aromatic carbocycles. The van der Waals surface area contributed by atoms with Crippen LogP contribution in [0.2, 0.25) is 0 Å². The first-order valence-electron chi connectivity index (χ1n) is 12.2. The fourth-order valence-electron chi connectivity index (χ4n) is 5.07. The fraction of sp³-hybridized carbons (Fsp3) is 0.407. The number of aromatic nitrogens is 2. The average Bonchev–Trinajstić information content (AvgIpc) is 3.44. The number of carbonyl (C=O) groups excluding carboxylic acids is 1. The Morgan fingerprint density at radius 2 is 1.75 bits per heavy atom. The van der Waals surface area contributed by atoms with Gasteiger partial charge in [0, 0.05) is 37.3 Å². The van der Waals surface area contributed by atoms with Crippen molar-refractivity contribution in [2.75, 3.05) is 53.6 Å². The van der Waals surface area contributed by atoms with Gasteiger partial charge in [0.2, 0.25) is 5.75 Å². The molecule has 5 rings (SSSR count). The second-order valence-electron chi connectivity index (χ2n) is 9.21. The first kappa shape index (κ1) is 24.1. The van der Waals surface area contributed by atoms with Gasteiger partial charge in [-0.1, -0.05) is 29.8 Å². The van der Waals surface area contributed by atoms with Crippen LogP contribution in [0.3, 0.4) is 0 Å². The van der Waals surface area contributed by atoms with Gasteiger partial charge < -0.3 is 24.2 Å². The molecule has 2 aliphatic heterocycles. The summed E-state index contributed by atoms with van der Waals surface area (Å²) in [7, 11) is 3.00. The van der Waals surface area contributed by atoms with Crippen molar-refractivity contribution < 1.29 is 24.1 Å². The van der Waals surface area contributed by atoms with Crippen molar-refractivity contribution in [3.8, 4) is 28.5 Å². The molecule has 1 aromatic heterocycles. The molecule has 9 heteroatoms. The van der Waals surface area contributed by atoms with Crippen molar-refractivity contribution in [2.24, 2.45) is 0 Å². The van der Waals surface area contributed by atoms with Gasteiger partial charge in [0.05, 0.1) is 39.2 Å². The van der Waals surface area contributed by atoms with Crippen LogP contribution in [0, 0.1) is 6.92 Å². The summed E-state index contributed by atoms with van der Waals surface area (Å²) in [6.07, 6.45) is 0.826. The summed E-state index contributed by atoms with van der Waals surface area (Å²) in [4.78, 5) is 17.9. The number of H-pyrrole nitrogens is 1. The highest BCUT2D eigenvalue weighted by Crippen LogP contribution is 2.47. The summed E-state index contributed by atoms with van der Waals surface area (Å²) >= 11 is 0. The van der Waals surface area contributed by atoms with Gasteiger partial charge in [0.1, 0.15) is 5.69 Å². The third-order valence-corrected chi connectivity index (χ3v) is 6.98. The highest BCUT2D eigenvalue weighted by atomic mass is 16.5. The number of fused-ring (bicyclic) bond motifs is 1. The normalized spacial score (nSPS) is 17.9. The van der Waals surface area contributed by atoms with Gasteiger partial charge in [-0.25, -0.2) is 0 Å². The van der Waals surface area contributed by atoms with Crippen LogP contribution >= 0.6 is 0 Å². The number of nitrogens with one attached hydrogen (secondary N) is 1. The van der Waals surface area contributed by atoms with Crippen LogP contribution in [0.15, 0.2) is 36.4 Å². The molecule has 1 atom stereocenters. The molecular weight excluding hydrogens is 460 g/mol. The van der Waals surface area contributed by atoms with Gasteiger partial charge in [-0.15, -0.1) is 0 Å². The number of hydrogen-bond acceptors (Lipinski definition) is 7. The van der Waals surface area contributed by atoms with Crippen LogP contribution in [0.1, 0.15) is 39.6 Å². The zero-order valence-corrected chi connectivity index (χ0v) is 20.9. The Balaban J connectivity index is 1.54. The lowest BCUT2D eigenvalue weighted by atomic mass is 9.95. The van der Waals surface area contributed by atoms with Crippen LogP contribution in [-0.2, 0) is 4.74 Å². The van der Waals surface area contributed by atoms with E-state index in [-0.39, 0.29) is 11.7 Å². The van der Waals surface area contributed by atoms with Gasteiger partial charge in [-0.3, -0.25) is 14.8 Å². The number of nitrogens with zero attached hydrogens (tertiary/aromatic N) is 3. The summed E-state index contributed by atoms with van der Waals surface area (Å²) in [6, 6.07) is 11.2. The highest BCUT2D eigenvalue weighted by Gasteiger charge is 2.42. The lowest BCUT2D eigenvalue weighted by Gasteiger charge is -2.30. The molecule has 0 saturated carbocycles. The minimum Gasteiger partial charge on any atom is -0.502 e. The number of hydrogen-bond donors (Lipinski definition) is 2. The molecule has 0 spiro atoms. The third-order valence-electron chi connectivity index (χ3n) is 6.98. The number of carbonyl (C=O) groups is 1. The fourth-order valence-corrected chi connectivity index (χ4v) is 5.07. The molecule has 1 saturated heterocycles. The number of aryl methyl sites for hydroxylation is 1. The van der Waals surface area contributed by atoms with E-state index in [9.17, 15) is 9.90 Å². The van der Waals surface area contributed by atoms with Crippen molar-refractivity contribution in [1.82, 2.24) is 20.0 Å². The molecule has 0 bridgehead atoms. The maximum Gasteiger partial charge on any atom is 0.273 e. The first-order valence-corrected chi connectivity index (χ1v) is 12.2. The van der Waals surface area contributed by atoms with E-state index in [0.29, 0.717) is 23.7 Å².